The molecular weight excluding hydrogens is 274 g/mol. The molecule has 1 heterocycles. The topological polar surface area (TPSA) is 61.8 Å². The second-order valence-corrected chi connectivity index (χ2v) is 5.75. The Kier molecular flexibility index (Phi) is 4.44. The number of rotatable bonds is 3. The molecule has 5 nitrogen and oxygen atoms in total. The molecule has 1 N–H and O–H groups in total. The van der Waals surface area contributed by atoms with E-state index in [-0.39, 0.29) is 23.5 Å². The largest absolute Gasteiger partial charge is 0.326 e. The molecule has 0 aliphatic carbocycles. The summed E-state index contributed by atoms with van der Waals surface area (Å²) in [7, 11) is 3.32. The van der Waals surface area contributed by atoms with Gasteiger partial charge >= 0.3 is 0 Å². The lowest BCUT2D eigenvalue weighted by Gasteiger charge is -2.10. The summed E-state index contributed by atoms with van der Waals surface area (Å²) in [6, 6.07) is 7.57. The number of amides is 2. The van der Waals surface area contributed by atoms with Gasteiger partial charge in [0.15, 0.2) is 5.17 Å². The van der Waals surface area contributed by atoms with Crippen molar-refractivity contribution in [2.24, 2.45) is 4.99 Å². The molecular formula is C14H17N3O2S. The van der Waals surface area contributed by atoms with Gasteiger partial charge in [0.1, 0.15) is 5.25 Å². The number of amidine groups is 1. The Hall–Kier alpha value is -1.82. The number of nitrogens with one attached hydrogen (secondary N) is 1. The minimum atomic E-state index is -0.386. The maximum atomic E-state index is 12.0. The van der Waals surface area contributed by atoms with Crippen molar-refractivity contribution in [3.05, 3.63) is 29.8 Å². The van der Waals surface area contributed by atoms with E-state index >= 15 is 0 Å². The lowest BCUT2D eigenvalue weighted by Crippen LogP contribution is -2.30. The van der Waals surface area contributed by atoms with E-state index in [1.807, 2.05) is 31.2 Å². The number of aryl methyl sites for hydroxylation is 1. The summed E-state index contributed by atoms with van der Waals surface area (Å²) < 4.78 is 0. The Balaban J connectivity index is 1.99. The van der Waals surface area contributed by atoms with Gasteiger partial charge in [-0.3, -0.25) is 19.5 Å². The molecule has 1 aliphatic rings. The smallest absolute Gasteiger partial charge is 0.242 e. The van der Waals surface area contributed by atoms with E-state index in [4.69, 9.17) is 0 Å². The average Bonchev–Trinajstić information content (AvgIpc) is 2.69. The van der Waals surface area contributed by atoms with E-state index in [2.05, 4.69) is 10.3 Å². The predicted octanol–water partition coefficient (Wildman–Crippen LogP) is 1.88. The fourth-order valence-electron chi connectivity index (χ4n) is 1.98. The van der Waals surface area contributed by atoms with E-state index < -0.39 is 0 Å². The van der Waals surface area contributed by atoms with Gasteiger partial charge in [0, 0.05) is 26.2 Å². The third-order valence-corrected chi connectivity index (χ3v) is 4.44. The van der Waals surface area contributed by atoms with Crippen molar-refractivity contribution in [3.8, 4) is 0 Å². The van der Waals surface area contributed by atoms with Gasteiger partial charge in [0.2, 0.25) is 11.8 Å². The van der Waals surface area contributed by atoms with Gasteiger partial charge in [0.05, 0.1) is 0 Å². The van der Waals surface area contributed by atoms with Crippen LogP contribution < -0.4 is 5.32 Å². The van der Waals surface area contributed by atoms with Crippen LogP contribution in [0.1, 0.15) is 12.0 Å². The minimum Gasteiger partial charge on any atom is -0.326 e. The van der Waals surface area contributed by atoms with E-state index in [1.54, 1.807) is 14.1 Å². The molecule has 2 rings (SSSR count). The minimum absolute atomic E-state index is 0.0736. The summed E-state index contributed by atoms with van der Waals surface area (Å²) >= 11 is 1.34. The molecule has 20 heavy (non-hydrogen) atoms. The molecule has 1 aromatic rings. The van der Waals surface area contributed by atoms with Crippen LogP contribution in [-0.4, -0.2) is 41.2 Å². The van der Waals surface area contributed by atoms with Crippen LogP contribution in [0, 0.1) is 6.92 Å². The zero-order valence-corrected chi connectivity index (χ0v) is 12.5. The summed E-state index contributed by atoms with van der Waals surface area (Å²) in [4.78, 5) is 29.5. The van der Waals surface area contributed by atoms with Crippen molar-refractivity contribution in [1.29, 1.82) is 0 Å². The van der Waals surface area contributed by atoms with E-state index in [1.165, 1.54) is 16.7 Å². The maximum Gasteiger partial charge on any atom is 0.242 e. The number of hydrogen-bond acceptors (Lipinski definition) is 4. The van der Waals surface area contributed by atoms with Crippen LogP contribution in [0.4, 0.5) is 5.69 Å². The molecule has 106 valence electrons. The van der Waals surface area contributed by atoms with Gasteiger partial charge < -0.3 is 5.32 Å². The number of carbonyl (C=O) groups excluding carboxylic acids is 2. The van der Waals surface area contributed by atoms with Crippen molar-refractivity contribution in [2.75, 3.05) is 19.4 Å². The third-order valence-electron chi connectivity index (χ3n) is 3.12. The molecule has 1 atom stereocenters. The highest BCUT2D eigenvalue weighted by Gasteiger charge is 2.36. The van der Waals surface area contributed by atoms with Crippen molar-refractivity contribution >= 4 is 34.4 Å². The van der Waals surface area contributed by atoms with Crippen LogP contribution in [0.15, 0.2) is 29.3 Å². The van der Waals surface area contributed by atoms with E-state index in [9.17, 15) is 9.59 Å². The summed E-state index contributed by atoms with van der Waals surface area (Å²) in [5, 5.41) is 3.11. The molecule has 0 radical (unpaired) electrons. The first-order valence-electron chi connectivity index (χ1n) is 6.29. The Labute approximate surface area is 122 Å². The third kappa shape index (κ3) is 3.01. The van der Waals surface area contributed by atoms with Crippen LogP contribution in [-0.2, 0) is 9.59 Å². The molecule has 6 heteroatoms. The zero-order valence-electron chi connectivity index (χ0n) is 11.7. The molecule has 1 aromatic carbocycles. The highest BCUT2D eigenvalue weighted by molar-refractivity contribution is 8.15. The molecule has 0 bridgehead atoms. The van der Waals surface area contributed by atoms with E-state index in [0.717, 1.165) is 11.3 Å². The van der Waals surface area contributed by atoms with Gasteiger partial charge in [-0.25, -0.2) is 0 Å². The van der Waals surface area contributed by atoms with Crippen LogP contribution in [0.3, 0.4) is 0 Å². The molecule has 1 fully saturated rings. The van der Waals surface area contributed by atoms with Gasteiger partial charge in [-0.15, -0.1) is 0 Å². The van der Waals surface area contributed by atoms with Crippen molar-refractivity contribution in [1.82, 2.24) is 4.90 Å². The number of nitrogens with zero attached hydrogens (tertiary/aromatic N) is 2. The first-order valence-corrected chi connectivity index (χ1v) is 7.17. The Bertz CT molecular complexity index is 571. The van der Waals surface area contributed by atoms with Crippen LogP contribution in [0.25, 0.3) is 0 Å². The van der Waals surface area contributed by atoms with Crippen molar-refractivity contribution in [2.45, 2.75) is 18.6 Å². The molecule has 2 amide bonds. The second kappa shape index (κ2) is 6.09. The lowest BCUT2D eigenvalue weighted by atomic mass is 10.2. The fourth-order valence-corrected chi connectivity index (χ4v) is 3.08. The predicted molar refractivity (Wildman–Crippen MR) is 81.9 cm³/mol. The highest BCUT2D eigenvalue weighted by atomic mass is 32.2. The Morgan fingerprint density at radius 1 is 1.45 bits per heavy atom. The van der Waals surface area contributed by atoms with Gasteiger partial charge in [-0.2, -0.15) is 0 Å². The van der Waals surface area contributed by atoms with Gasteiger partial charge in [0.25, 0.3) is 0 Å². The summed E-state index contributed by atoms with van der Waals surface area (Å²) in [5.41, 5.74) is 1.78. The van der Waals surface area contributed by atoms with E-state index in [0.29, 0.717) is 5.17 Å². The molecule has 1 saturated heterocycles. The van der Waals surface area contributed by atoms with Crippen molar-refractivity contribution in [3.63, 3.8) is 0 Å². The molecule has 0 spiro atoms. The SMILES string of the molecule is CN=C1S[C@@H](CC(=O)Nc2ccccc2C)C(=O)N1C. The Morgan fingerprint density at radius 2 is 2.15 bits per heavy atom. The fraction of sp³-hybridized carbons (Fsp3) is 0.357. The zero-order chi connectivity index (χ0) is 14.7. The summed E-state index contributed by atoms with van der Waals surface area (Å²) in [6.45, 7) is 1.93. The number of anilines is 1. The first kappa shape index (κ1) is 14.6. The number of thioether (sulfide) groups is 1. The van der Waals surface area contributed by atoms with Crippen LogP contribution >= 0.6 is 11.8 Å². The molecule has 0 saturated carbocycles. The second-order valence-electron chi connectivity index (χ2n) is 4.58. The highest BCUT2D eigenvalue weighted by Crippen LogP contribution is 2.28. The number of hydrogen-bond donors (Lipinski definition) is 1. The standard InChI is InChI=1S/C14H17N3O2S/c1-9-6-4-5-7-10(9)16-12(18)8-11-13(19)17(3)14(15-2)20-11/h4-7,11H,8H2,1-3H3,(H,16,18)/t11-/m0/s1. The summed E-state index contributed by atoms with van der Waals surface area (Å²) in [5.74, 6) is -0.230. The number of aliphatic imine (C=N–C) groups is 1. The normalized spacial score (nSPS) is 20.6. The lowest BCUT2D eigenvalue weighted by molar-refractivity contribution is -0.127. The quantitative estimate of drug-likeness (QED) is 0.925. The molecule has 0 aromatic heterocycles. The van der Waals surface area contributed by atoms with Crippen LogP contribution in [0.5, 0.6) is 0 Å². The number of benzene rings is 1. The molecule has 0 unspecified atom stereocenters. The first-order chi connectivity index (χ1) is 9.52. The van der Waals surface area contributed by atoms with Crippen molar-refractivity contribution < 1.29 is 9.59 Å². The maximum absolute atomic E-state index is 12.0. The van der Waals surface area contributed by atoms with Gasteiger partial charge in [-0.1, -0.05) is 30.0 Å². The average molecular weight is 291 g/mol. The number of para-hydroxylation sites is 1. The number of carbonyl (C=O) groups is 2. The summed E-state index contributed by atoms with van der Waals surface area (Å²) in [6.07, 6.45) is 0.154. The monoisotopic (exact) mass is 291 g/mol. The van der Waals surface area contributed by atoms with Crippen LogP contribution in [0.2, 0.25) is 0 Å². The molecule has 1 aliphatic heterocycles. The van der Waals surface area contributed by atoms with Gasteiger partial charge in [-0.05, 0) is 18.6 Å². The Morgan fingerprint density at radius 3 is 2.75 bits per heavy atom.